The summed E-state index contributed by atoms with van der Waals surface area (Å²) in [5.41, 5.74) is 1.74. The number of thiophene rings is 1. The van der Waals surface area contributed by atoms with Crippen molar-refractivity contribution in [2.24, 2.45) is 0 Å². The van der Waals surface area contributed by atoms with Crippen LogP contribution in [-0.4, -0.2) is 33.4 Å². The van der Waals surface area contributed by atoms with Crippen LogP contribution in [0.4, 0.5) is 5.82 Å². The first-order chi connectivity index (χ1) is 9.29. The SMILES string of the molecule is C#CCN(C)c1ccc2nnc(-c3ccsc3)n2n1. The van der Waals surface area contributed by atoms with Crippen molar-refractivity contribution in [3.05, 3.63) is 29.0 Å². The predicted octanol–water partition coefficient (Wildman–Crippen LogP) is 1.92. The zero-order chi connectivity index (χ0) is 13.2. The van der Waals surface area contributed by atoms with Gasteiger partial charge in [-0.1, -0.05) is 5.92 Å². The Balaban J connectivity index is 2.11. The monoisotopic (exact) mass is 269 g/mol. The van der Waals surface area contributed by atoms with E-state index in [1.165, 1.54) is 0 Å². The molecule has 0 aliphatic heterocycles. The molecule has 3 heterocycles. The van der Waals surface area contributed by atoms with Gasteiger partial charge in [-0.15, -0.1) is 21.7 Å². The molecule has 5 nitrogen and oxygen atoms in total. The minimum atomic E-state index is 0.508. The summed E-state index contributed by atoms with van der Waals surface area (Å²) in [6.07, 6.45) is 5.32. The fraction of sp³-hybridized carbons (Fsp3) is 0.154. The first-order valence-corrected chi connectivity index (χ1v) is 6.63. The normalized spacial score (nSPS) is 10.5. The largest absolute Gasteiger partial charge is 0.347 e. The highest BCUT2D eigenvalue weighted by atomic mass is 32.1. The minimum Gasteiger partial charge on any atom is -0.347 e. The van der Waals surface area contributed by atoms with E-state index in [0.29, 0.717) is 6.54 Å². The van der Waals surface area contributed by atoms with Gasteiger partial charge in [0.2, 0.25) is 0 Å². The van der Waals surface area contributed by atoms with Crippen LogP contribution in [0.3, 0.4) is 0 Å². The summed E-state index contributed by atoms with van der Waals surface area (Å²) in [4.78, 5) is 1.90. The fourth-order valence-electron chi connectivity index (χ4n) is 1.77. The van der Waals surface area contributed by atoms with Gasteiger partial charge in [0, 0.05) is 18.0 Å². The van der Waals surface area contributed by atoms with Crippen molar-refractivity contribution in [2.75, 3.05) is 18.5 Å². The van der Waals surface area contributed by atoms with Crippen molar-refractivity contribution in [2.45, 2.75) is 0 Å². The molecule has 6 heteroatoms. The zero-order valence-electron chi connectivity index (χ0n) is 10.3. The number of terminal acetylenes is 1. The van der Waals surface area contributed by atoms with Crippen LogP contribution in [0.15, 0.2) is 29.0 Å². The molecule has 19 heavy (non-hydrogen) atoms. The standard InChI is InChI=1S/C13H11N5S/c1-3-7-17(2)12-5-4-11-14-15-13(18(11)16-12)10-6-8-19-9-10/h1,4-6,8-9H,7H2,2H3. The lowest BCUT2D eigenvalue weighted by atomic mass is 10.3. The highest BCUT2D eigenvalue weighted by molar-refractivity contribution is 7.08. The van der Waals surface area contributed by atoms with Crippen molar-refractivity contribution in [1.29, 1.82) is 0 Å². The van der Waals surface area contributed by atoms with Gasteiger partial charge in [0.15, 0.2) is 11.5 Å². The van der Waals surface area contributed by atoms with Crippen LogP contribution in [-0.2, 0) is 0 Å². The number of rotatable bonds is 3. The second-order valence-electron chi connectivity index (χ2n) is 4.06. The molecule has 0 fully saturated rings. The maximum absolute atomic E-state index is 5.32. The van der Waals surface area contributed by atoms with Gasteiger partial charge in [0.05, 0.1) is 6.54 Å². The summed E-state index contributed by atoms with van der Waals surface area (Å²) in [6, 6.07) is 5.78. The third kappa shape index (κ3) is 2.04. The summed E-state index contributed by atoms with van der Waals surface area (Å²) >= 11 is 1.62. The van der Waals surface area contributed by atoms with Gasteiger partial charge < -0.3 is 4.90 Å². The first kappa shape index (κ1) is 11.7. The number of hydrogen-bond donors (Lipinski definition) is 0. The molecular formula is C13H11N5S. The fourth-order valence-corrected chi connectivity index (χ4v) is 2.41. The van der Waals surface area contributed by atoms with Gasteiger partial charge in [-0.25, -0.2) is 0 Å². The topological polar surface area (TPSA) is 46.3 Å². The molecular weight excluding hydrogens is 258 g/mol. The molecule has 0 N–H and O–H groups in total. The Morgan fingerprint density at radius 2 is 2.26 bits per heavy atom. The summed E-state index contributed by atoms with van der Waals surface area (Å²) in [5, 5.41) is 16.9. The van der Waals surface area contributed by atoms with E-state index in [1.54, 1.807) is 15.9 Å². The van der Waals surface area contributed by atoms with Gasteiger partial charge in [-0.3, -0.25) is 0 Å². The molecule has 0 amide bonds. The Morgan fingerprint density at radius 3 is 3.00 bits per heavy atom. The summed E-state index contributed by atoms with van der Waals surface area (Å²) < 4.78 is 1.74. The number of nitrogens with zero attached hydrogens (tertiary/aromatic N) is 5. The van der Waals surface area contributed by atoms with E-state index in [-0.39, 0.29) is 0 Å². The van der Waals surface area contributed by atoms with E-state index in [1.807, 2.05) is 40.9 Å². The molecule has 0 atom stereocenters. The van der Waals surface area contributed by atoms with Crippen molar-refractivity contribution in [1.82, 2.24) is 19.8 Å². The van der Waals surface area contributed by atoms with Crippen LogP contribution in [0.25, 0.3) is 17.0 Å². The number of hydrogen-bond acceptors (Lipinski definition) is 5. The average Bonchev–Trinajstić information content (AvgIpc) is 3.06. The molecule has 0 unspecified atom stereocenters. The second-order valence-corrected chi connectivity index (χ2v) is 4.84. The van der Waals surface area contributed by atoms with Crippen molar-refractivity contribution in [3.63, 3.8) is 0 Å². The molecule has 0 aliphatic rings. The van der Waals surface area contributed by atoms with E-state index in [4.69, 9.17) is 6.42 Å². The number of anilines is 1. The first-order valence-electron chi connectivity index (χ1n) is 5.69. The number of aromatic nitrogens is 4. The Labute approximate surface area is 114 Å². The molecule has 3 rings (SSSR count). The molecule has 0 bridgehead atoms. The van der Waals surface area contributed by atoms with Crippen LogP contribution in [0.5, 0.6) is 0 Å². The Kier molecular flexibility index (Phi) is 2.89. The zero-order valence-corrected chi connectivity index (χ0v) is 11.1. The lowest BCUT2D eigenvalue weighted by Crippen LogP contribution is -2.19. The molecule has 0 saturated heterocycles. The molecule has 3 aromatic heterocycles. The van der Waals surface area contributed by atoms with Crippen molar-refractivity contribution < 1.29 is 0 Å². The molecule has 94 valence electrons. The van der Waals surface area contributed by atoms with Gasteiger partial charge in [-0.05, 0) is 23.6 Å². The summed E-state index contributed by atoms with van der Waals surface area (Å²) in [7, 11) is 1.91. The van der Waals surface area contributed by atoms with Crippen molar-refractivity contribution in [3.8, 4) is 23.7 Å². The number of fused-ring (bicyclic) bond motifs is 1. The van der Waals surface area contributed by atoms with Gasteiger partial charge in [-0.2, -0.15) is 15.9 Å². The summed E-state index contributed by atoms with van der Waals surface area (Å²) in [6.45, 7) is 0.508. The second kappa shape index (κ2) is 4.71. The van der Waals surface area contributed by atoms with Crippen molar-refractivity contribution >= 4 is 22.8 Å². The van der Waals surface area contributed by atoms with E-state index < -0.39 is 0 Å². The smallest absolute Gasteiger partial charge is 0.186 e. The van der Waals surface area contributed by atoms with Crippen LogP contribution >= 0.6 is 11.3 Å². The van der Waals surface area contributed by atoms with Crippen LogP contribution in [0.2, 0.25) is 0 Å². The van der Waals surface area contributed by atoms with Gasteiger partial charge in [0.25, 0.3) is 0 Å². The van der Waals surface area contributed by atoms with Crippen LogP contribution < -0.4 is 4.90 Å². The van der Waals surface area contributed by atoms with E-state index in [9.17, 15) is 0 Å². The molecule has 0 spiro atoms. The maximum Gasteiger partial charge on any atom is 0.186 e. The Morgan fingerprint density at radius 1 is 1.37 bits per heavy atom. The molecule has 0 aliphatic carbocycles. The lowest BCUT2D eigenvalue weighted by Gasteiger charge is -2.14. The molecule has 0 saturated carbocycles. The van der Waals surface area contributed by atoms with Crippen LogP contribution in [0.1, 0.15) is 0 Å². The molecule has 0 aromatic carbocycles. The third-order valence-corrected chi connectivity index (χ3v) is 3.43. The van der Waals surface area contributed by atoms with E-state index in [0.717, 1.165) is 22.9 Å². The minimum absolute atomic E-state index is 0.508. The third-order valence-electron chi connectivity index (χ3n) is 2.75. The predicted molar refractivity (Wildman–Crippen MR) is 76.2 cm³/mol. The average molecular weight is 269 g/mol. The van der Waals surface area contributed by atoms with E-state index in [2.05, 4.69) is 21.2 Å². The quantitative estimate of drug-likeness (QED) is 0.682. The molecule has 0 radical (unpaired) electrons. The lowest BCUT2D eigenvalue weighted by molar-refractivity contribution is 0.887. The highest BCUT2D eigenvalue weighted by Gasteiger charge is 2.11. The van der Waals surface area contributed by atoms with Crippen LogP contribution in [0, 0.1) is 12.3 Å². The Hall–Kier alpha value is -2.39. The molecule has 3 aromatic rings. The van der Waals surface area contributed by atoms with E-state index >= 15 is 0 Å². The Bertz CT molecular complexity index is 738. The highest BCUT2D eigenvalue weighted by Crippen LogP contribution is 2.21. The maximum atomic E-state index is 5.32. The van der Waals surface area contributed by atoms with Gasteiger partial charge >= 0.3 is 0 Å². The van der Waals surface area contributed by atoms with Gasteiger partial charge in [0.1, 0.15) is 5.82 Å². The summed E-state index contributed by atoms with van der Waals surface area (Å²) in [5.74, 6) is 4.13.